The third kappa shape index (κ3) is 4.53. The molecule has 0 aliphatic heterocycles. The van der Waals surface area contributed by atoms with E-state index in [2.05, 4.69) is 4.99 Å². The maximum Gasteiger partial charge on any atom is 0.341 e. The summed E-state index contributed by atoms with van der Waals surface area (Å²) in [7, 11) is 0. The first-order valence-corrected chi connectivity index (χ1v) is 7.18. The minimum absolute atomic E-state index is 0.0845. The zero-order chi connectivity index (χ0) is 17.7. The number of aliphatic carboxylic acids is 1. The second-order valence-corrected chi connectivity index (χ2v) is 5.29. The second kappa shape index (κ2) is 7.56. The molecule has 24 heavy (non-hydrogen) atoms. The van der Waals surface area contributed by atoms with Gasteiger partial charge in [0.05, 0.1) is 9.95 Å². The van der Waals surface area contributed by atoms with Gasteiger partial charge in [0, 0.05) is 12.3 Å². The maximum absolute atomic E-state index is 11.1. The van der Waals surface area contributed by atoms with Crippen molar-refractivity contribution >= 4 is 35.2 Å². The molecule has 0 aliphatic rings. The number of rotatable bonds is 6. The SMILES string of the molecule is Cc1ccc(N=Cc2ccc(OCC(=O)O)c(Cl)c2)c([N+](=O)[O-])c1. The lowest BCUT2D eigenvalue weighted by Gasteiger charge is -2.06. The van der Waals surface area contributed by atoms with E-state index in [0.29, 0.717) is 5.56 Å². The van der Waals surface area contributed by atoms with Gasteiger partial charge in [-0.2, -0.15) is 0 Å². The molecule has 0 fully saturated rings. The highest BCUT2D eigenvalue weighted by Gasteiger charge is 2.12. The van der Waals surface area contributed by atoms with E-state index in [-0.39, 0.29) is 22.1 Å². The van der Waals surface area contributed by atoms with Crippen molar-refractivity contribution in [3.63, 3.8) is 0 Å². The molecule has 2 rings (SSSR count). The lowest BCUT2D eigenvalue weighted by atomic mass is 10.2. The summed E-state index contributed by atoms with van der Waals surface area (Å²) < 4.78 is 5.01. The van der Waals surface area contributed by atoms with Crippen LogP contribution in [0, 0.1) is 17.0 Å². The number of aliphatic imine (C=N–C) groups is 1. The van der Waals surface area contributed by atoms with Gasteiger partial charge < -0.3 is 9.84 Å². The number of benzene rings is 2. The molecule has 0 saturated carbocycles. The van der Waals surface area contributed by atoms with Crippen molar-refractivity contribution in [2.75, 3.05) is 6.61 Å². The van der Waals surface area contributed by atoms with Gasteiger partial charge in [-0.3, -0.25) is 10.1 Å². The number of carboxylic acids is 1. The van der Waals surface area contributed by atoms with Crippen molar-refractivity contribution in [3.05, 3.63) is 62.7 Å². The first-order chi connectivity index (χ1) is 11.4. The third-order valence-electron chi connectivity index (χ3n) is 2.99. The van der Waals surface area contributed by atoms with E-state index in [1.807, 2.05) is 0 Å². The number of nitro groups is 1. The normalized spacial score (nSPS) is 10.8. The van der Waals surface area contributed by atoms with E-state index < -0.39 is 17.5 Å². The van der Waals surface area contributed by atoms with Crippen molar-refractivity contribution in [1.29, 1.82) is 0 Å². The molecule has 0 radical (unpaired) electrons. The molecule has 124 valence electrons. The Morgan fingerprint density at radius 2 is 2.12 bits per heavy atom. The zero-order valence-corrected chi connectivity index (χ0v) is 13.4. The fraction of sp³-hybridized carbons (Fsp3) is 0.125. The van der Waals surface area contributed by atoms with E-state index in [1.165, 1.54) is 24.4 Å². The fourth-order valence-electron chi connectivity index (χ4n) is 1.89. The quantitative estimate of drug-likeness (QED) is 0.486. The number of nitro benzene ring substituents is 1. The molecule has 2 aromatic carbocycles. The van der Waals surface area contributed by atoms with E-state index in [1.54, 1.807) is 25.1 Å². The summed E-state index contributed by atoms with van der Waals surface area (Å²) in [5, 5.41) is 19.9. The molecule has 2 aromatic rings. The summed E-state index contributed by atoms with van der Waals surface area (Å²) in [6, 6.07) is 9.40. The van der Waals surface area contributed by atoms with Gasteiger partial charge in [0.2, 0.25) is 0 Å². The Hall–Kier alpha value is -2.93. The summed E-state index contributed by atoms with van der Waals surface area (Å²) in [5.74, 6) is -0.874. The first kappa shape index (κ1) is 17.4. The number of hydrogen-bond acceptors (Lipinski definition) is 5. The van der Waals surface area contributed by atoms with Crippen molar-refractivity contribution < 1.29 is 19.6 Å². The molecule has 0 spiro atoms. The Kier molecular flexibility index (Phi) is 5.49. The van der Waals surface area contributed by atoms with E-state index in [0.717, 1.165) is 5.56 Å². The molecule has 0 aromatic heterocycles. The molecule has 7 nitrogen and oxygen atoms in total. The second-order valence-electron chi connectivity index (χ2n) is 4.88. The van der Waals surface area contributed by atoms with Gasteiger partial charge in [-0.1, -0.05) is 17.7 Å². The highest BCUT2D eigenvalue weighted by atomic mass is 35.5. The van der Waals surface area contributed by atoms with E-state index in [4.69, 9.17) is 21.4 Å². The summed E-state index contributed by atoms with van der Waals surface area (Å²) >= 11 is 6.01. The minimum atomic E-state index is -1.11. The molecule has 1 N–H and O–H groups in total. The van der Waals surface area contributed by atoms with Crippen LogP contribution in [0.1, 0.15) is 11.1 Å². The van der Waals surface area contributed by atoms with Crippen LogP contribution in [0.3, 0.4) is 0 Å². The van der Waals surface area contributed by atoms with Crippen LogP contribution in [-0.2, 0) is 4.79 Å². The van der Waals surface area contributed by atoms with Gasteiger partial charge in [-0.25, -0.2) is 9.79 Å². The molecule has 0 bridgehead atoms. The van der Waals surface area contributed by atoms with Crippen LogP contribution in [-0.4, -0.2) is 28.8 Å². The van der Waals surface area contributed by atoms with Crippen LogP contribution in [0.15, 0.2) is 41.4 Å². The largest absolute Gasteiger partial charge is 0.480 e. The van der Waals surface area contributed by atoms with Crippen molar-refractivity contribution in [1.82, 2.24) is 0 Å². The van der Waals surface area contributed by atoms with Crippen LogP contribution >= 0.6 is 11.6 Å². The lowest BCUT2D eigenvalue weighted by molar-refractivity contribution is -0.384. The Morgan fingerprint density at radius 1 is 1.38 bits per heavy atom. The van der Waals surface area contributed by atoms with Gasteiger partial charge >= 0.3 is 5.97 Å². The molecule has 0 atom stereocenters. The fourth-order valence-corrected chi connectivity index (χ4v) is 2.13. The lowest BCUT2D eigenvalue weighted by Crippen LogP contribution is -2.09. The standard InChI is InChI=1S/C16H13ClN2O5/c1-10-2-4-13(14(6-10)19(22)23)18-8-11-3-5-15(12(17)7-11)24-9-16(20)21/h2-8H,9H2,1H3,(H,20,21). The summed E-state index contributed by atoms with van der Waals surface area (Å²) in [4.78, 5) is 25.2. The topological polar surface area (TPSA) is 102 Å². The van der Waals surface area contributed by atoms with Crippen LogP contribution in [0.5, 0.6) is 5.75 Å². The van der Waals surface area contributed by atoms with Crippen molar-refractivity contribution in [2.45, 2.75) is 6.92 Å². The Balaban J connectivity index is 2.22. The predicted octanol–water partition coefficient (Wildman–Crippen LogP) is 3.77. The number of carbonyl (C=O) groups is 1. The van der Waals surface area contributed by atoms with E-state index in [9.17, 15) is 14.9 Å². The molecular formula is C16H13ClN2O5. The van der Waals surface area contributed by atoms with Crippen LogP contribution in [0.4, 0.5) is 11.4 Å². The Morgan fingerprint density at radius 3 is 2.75 bits per heavy atom. The molecular weight excluding hydrogens is 336 g/mol. The zero-order valence-electron chi connectivity index (χ0n) is 12.6. The average molecular weight is 349 g/mol. The molecule has 8 heteroatoms. The summed E-state index contributed by atoms with van der Waals surface area (Å²) in [6.07, 6.45) is 1.44. The monoisotopic (exact) mass is 348 g/mol. The van der Waals surface area contributed by atoms with Gasteiger partial charge in [0.1, 0.15) is 11.4 Å². The van der Waals surface area contributed by atoms with Gasteiger partial charge in [0.15, 0.2) is 6.61 Å². The van der Waals surface area contributed by atoms with Crippen LogP contribution in [0.2, 0.25) is 5.02 Å². The highest BCUT2D eigenvalue weighted by molar-refractivity contribution is 6.32. The number of aryl methyl sites for hydroxylation is 1. The van der Waals surface area contributed by atoms with Crippen LogP contribution in [0.25, 0.3) is 0 Å². The Labute approximate surface area is 142 Å². The number of nitrogens with zero attached hydrogens (tertiary/aromatic N) is 2. The molecule has 0 heterocycles. The van der Waals surface area contributed by atoms with Crippen molar-refractivity contribution in [2.24, 2.45) is 4.99 Å². The predicted molar refractivity (Wildman–Crippen MR) is 89.7 cm³/mol. The molecule has 0 saturated heterocycles. The number of hydrogen-bond donors (Lipinski definition) is 1. The summed E-state index contributed by atoms with van der Waals surface area (Å²) in [5.41, 5.74) is 1.51. The smallest absolute Gasteiger partial charge is 0.341 e. The number of ether oxygens (including phenoxy) is 1. The van der Waals surface area contributed by atoms with Crippen molar-refractivity contribution in [3.8, 4) is 5.75 Å². The van der Waals surface area contributed by atoms with Gasteiger partial charge in [-0.15, -0.1) is 0 Å². The third-order valence-corrected chi connectivity index (χ3v) is 3.28. The number of carboxylic acid groups (broad SMARTS) is 1. The van der Waals surface area contributed by atoms with Crippen LogP contribution < -0.4 is 4.74 Å². The maximum atomic E-state index is 11.1. The molecule has 0 aliphatic carbocycles. The summed E-state index contributed by atoms with van der Waals surface area (Å²) in [6.45, 7) is 1.26. The van der Waals surface area contributed by atoms with Gasteiger partial charge in [0.25, 0.3) is 5.69 Å². The van der Waals surface area contributed by atoms with Gasteiger partial charge in [-0.05, 0) is 42.3 Å². The first-order valence-electron chi connectivity index (χ1n) is 6.80. The highest BCUT2D eigenvalue weighted by Crippen LogP contribution is 2.29. The molecule has 0 unspecified atom stereocenters. The molecule has 0 amide bonds. The Bertz CT molecular complexity index is 820. The van der Waals surface area contributed by atoms with E-state index >= 15 is 0 Å². The average Bonchev–Trinajstić information content (AvgIpc) is 2.52. The minimum Gasteiger partial charge on any atom is -0.480 e. The number of halogens is 1.